The van der Waals surface area contributed by atoms with Gasteiger partial charge in [0, 0.05) is 12.0 Å². The van der Waals surface area contributed by atoms with Crippen LogP contribution in [0.5, 0.6) is 0 Å². The number of nitrogens with zero attached hydrogens (tertiary/aromatic N) is 1. The predicted octanol–water partition coefficient (Wildman–Crippen LogP) is 2.48. The molecule has 1 N–H and O–H groups in total. The van der Waals surface area contributed by atoms with Crippen LogP contribution in [0, 0.1) is 28.4 Å². The van der Waals surface area contributed by atoms with Gasteiger partial charge in [-0.1, -0.05) is 39.5 Å². The SMILES string of the molecule is [B]C(CCCNC(C)C)(OCC#CC(C)C)SC#N. The van der Waals surface area contributed by atoms with Crippen LogP contribution in [0.3, 0.4) is 0 Å². The molecule has 1 unspecified atom stereocenters. The van der Waals surface area contributed by atoms with E-state index >= 15 is 0 Å². The first-order chi connectivity index (χ1) is 8.89. The number of nitriles is 1. The molecule has 0 fully saturated rings. The van der Waals surface area contributed by atoms with Gasteiger partial charge in [-0.15, -0.1) is 0 Å². The maximum absolute atomic E-state index is 8.79. The summed E-state index contributed by atoms with van der Waals surface area (Å²) in [6.45, 7) is 9.36. The Labute approximate surface area is 123 Å². The second-order valence-corrected chi connectivity index (χ2v) is 6.06. The Bertz CT molecular complexity index is 344. The summed E-state index contributed by atoms with van der Waals surface area (Å²) >= 11 is 0.962. The zero-order valence-corrected chi connectivity index (χ0v) is 13.1. The molecule has 0 aromatic carbocycles. The van der Waals surface area contributed by atoms with Gasteiger partial charge in [0.25, 0.3) is 0 Å². The van der Waals surface area contributed by atoms with Crippen molar-refractivity contribution in [3.8, 4) is 17.2 Å². The highest BCUT2D eigenvalue weighted by molar-refractivity contribution is 8.05. The van der Waals surface area contributed by atoms with Crippen LogP contribution in [-0.2, 0) is 4.74 Å². The molecule has 0 aliphatic rings. The minimum atomic E-state index is -0.959. The lowest BCUT2D eigenvalue weighted by Crippen LogP contribution is -2.31. The van der Waals surface area contributed by atoms with Crippen LogP contribution in [0.4, 0.5) is 0 Å². The third-order valence-corrected chi connectivity index (χ3v) is 3.01. The highest BCUT2D eigenvalue weighted by Gasteiger charge is 2.24. The van der Waals surface area contributed by atoms with Crippen molar-refractivity contribution in [3.63, 3.8) is 0 Å². The van der Waals surface area contributed by atoms with Crippen LogP contribution in [0.1, 0.15) is 40.5 Å². The van der Waals surface area contributed by atoms with Crippen LogP contribution >= 0.6 is 11.8 Å². The maximum Gasteiger partial charge on any atom is 0.135 e. The summed E-state index contributed by atoms with van der Waals surface area (Å²) in [5.41, 5.74) is 0. The van der Waals surface area contributed by atoms with Crippen molar-refractivity contribution in [1.29, 1.82) is 5.26 Å². The third-order valence-electron chi connectivity index (χ3n) is 2.25. The van der Waals surface area contributed by atoms with Gasteiger partial charge in [-0.25, -0.2) is 0 Å². The molecule has 0 rings (SSSR count). The van der Waals surface area contributed by atoms with Crippen LogP contribution in [0.15, 0.2) is 0 Å². The third kappa shape index (κ3) is 11.0. The molecular weight excluding hydrogens is 255 g/mol. The molecule has 0 saturated carbocycles. The van der Waals surface area contributed by atoms with Crippen LogP contribution in [0.2, 0.25) is 0 Å². The fourth-order valence-electron chi connectivity index (χ4n) is 1.36. The van der Waals surface area contributed by atoms with Gasteiger partial charge in [-0.3, -0.25) is 0 Å². The van der Waals surface area contributed by atoms with Crippen LogP contribution in [-0.4, -0.2) is 31.9 Å². The number of thioether (sulfide) groups is 1. The van der Waals surface area contributed by atoms with E-state index in [1.165, 1.54) is 0 Å². The molecule has 0 saturated heterocycles. The first-order valence-corrected chi connectivity index (χ1v) is 7.43. The summed E-state index contributed by atoms with van der Waals surface area (Å²) in [5, 5.41) is 14.1. The van der Waals surface area contributed by atoms with E-state index in [9.17, 15) is 0 Å². The average Bonchev–Trinajstić information content (AvgIpc) is 2.31. The first kappa shape index (κ1) is 18.4. The second-order valence-electron chi connectivity index (χ2n) is 4.98. The minimum Gasteiger partial charge on any atom is -0.361 e. The van der Waals surface area contributed by atoms with Gasteiger partial charge in [-0.05, 0) is 31.1 Å². The smallest absolute Gasteiger partial charge is 0.135 e. The predicted molar refractivity (Wildman–Crippen MR) is 82.6 cm³/mol. The van der Waals surface area contributed by atoms with Crippen molar-refractivity contribution >= 4 is 19.6 Å². The Morgan fingerprint density at radius 2 is 2.05 bits per heavy atom. The van der Waals surface area contributed by atoms with E-state index in [0.29, 0.717) is 18.4 Å². The van der Waals surface area contributed by atoms with Gasteiger partial charge in [0.1, 0.15) is 19.9 Å². The number of ether oxygens (including phenoxy) is 1. The lowest BCUT2D eigenvalue weighted by molar-refractivity contribution is 0.103. The lowest BCUT2D eigenvalue weighted by Gasteiger charge is -2.26. The van der Waals surface area contributed by atoms with Gasteiger partial charge in [0.2, 0.25) is 0 Å². The molecule has 0 spiro atoms. The van der Waals surface area contributed by atoms with Crippen molar-refractivity contribution in [1.82, 2.24) is 5.32 Å². The molecule has 3 nitrogen and oxygen atoms in total. The van der Waals surface area contributed by atoms with Crippen LogP contribution < -0.4 is 5.32 Å². The molecule has 0 bridgehead atoms. The van der Waals surface area contributed by atoms with Crippen molar-refractivity contribution in [2.24, 2.45) is 5.92 Å². The van der Waals surface area contributed by atoms with E-state index in [1.54, 1.807) is 0 Å². The van der Waals surface area contributed by atoms with Gasteiger partial charge in [0.15, 0.2) is 0 Å². The summed E-state index contributed by atoms with van der Waals surface area (Å²) < 4.78 is 5.54. The molecule has 0 aliphatic carbocycles. The Morgan fingerprint density at radius 3 is 2.58 bits per heavy atom. The summed E-state index contributed by atoms with van der Waals surface area (Å²) in [4.78, 5) is -0.959. The van der Waals surface area contributed by atoms with Crippen molar-refractivity contribution in [3.05, 3.63) is 0 Å². The molecule has 0 aromatic rings. The van der Waals surface area contributed by atoms with Crippen LogP contribution in [0.25, 0.3) is 0 Å². The number of hydrogen-bond acceptors (Lipinski definition) is 4. The fraction of sp³-hybridized carbons (Fsp3) is 0.786. The van der Waals surface area contributed by atoms with Crippen molar-refractivity contribution in [2.45, 2.75) is 51.4 Å². The molecule has 2 radical (unpaired) electrons. The standard InChI is InChI=1S/C14H23BN2OS/c1-12(2)7-5-10-18-14(15,19-11-16)8-6-9-17-13(3)4/h12-13,17H,6,8-10H2,1-4H3. The molecular formula is C14H23BN2OS. The van der Waals surface area contributed by atoms with Gasteiger partial charge in [-0.2, -0.15) is 5.26 Å². The van der Waals surface area contributed by atoms with E-state index in [4.69, 9.17) is 17.8 Å². The van der Waals surface area contributed by atoms with Crippen molar-refractivity contribution < 1.29 is 4.74 Å². The molecule has 19 heavy (non-hydrogen) atoms. The molecule has 0 aromatic heterocycles. The highest BCUT2D eigenvalue weighted by atomic mass is 32.2. The molecule has 0 heterocycles. The Kier molecular flexibility index (Phi) is 9.88. The van der Waals surface area contributed by atoms with E-state index in [0.717, 1.165) is 24.7 Å². The number of nitrogens with one attached hydrogen (secondary N) is 1. The number of hydrogen-bond donors (Lipinski definition) is 1. The summed E-state index contributed by atoms with van der Waals surface area (Å²) in [6.07, 6.45) is 1.48. The van der Waals surface area contributed by atoms with Gasteiger partial charge < -0.3 is 10.1 Å². The molecule has 104 valence electrons. The maximum atomic E-state index is 8.79. The normalized spacial score (nSPS) is 13.7. The minimum absolute atomic E-state index is 0.265. The lowest BCUT2D eigenvalue weighted by atomic mass is 9.93. The Balaban J connectivity index is 4.12. The fourth-order valence-corrected chi connectivity index (χ4v) is 1.88. The first-order valence-electron chi connectivity index (χ1n) is 6.61. The van der Waals surface area contributed by atoms with Gasteiger partial charge >= 0.3 is 0 Å². The quantitative estimate of drug-likeness (QED) is 0.243. The largest absolute Gasteiger partial charge is 0.361 e. The summed E-state index contributed by atoms with van der Waals surface area (Å²) in [5.74, 6) is 6.24. The van der Waals surface area contributed by atoms with Gasteiger partial charge in [0.05, 0.1) is 4.83 Å². The molecule has 0 aliphatic heterocycles. The Morgan fingerprint density at radius 1 is 1.37 bits per heavy atom. The molecule has 5 heteroatoms. The molecule has 1 atom stereocenters. The Hall–Kier alpha value is -0.615. The average molecular weight is 278 g/mol. The van der Waals surface area contributed by atoms with Crippen molar-refractivity contribution in [2.75, 3.05) is 13.2 Å². The molecule has 0 amide bonds. The van der Waals surface area contributed by atoms with E-state index in [-0.39, 0.29) is 6.61 Å². The summed E-state index contributed by atoms with van der Waals surface area (Å²) in [6, 6.07) is 0.452. The highest BCUT2D eigenvalue weighted by Crippen LogP contribution is 2.27. The zero-order valence-electron chi connectivity index (χ0n) is 12.3. The zero-order chi connectivity index (χ0) is 14.7. The second kappa shape index (κ2) is 10.2. The van der Waals surface area contributed by atoms with E-state index in [1.807, 2.05) is 19.2 Å². The number of rotatable bonds is 8. The monoisotopic (exact) mass is 278 g/mol. The topological polar surface area (TPSA) is 45.0 Å². The summed E-state index contributed by atoms with van der Waals surface area (Å²) in [7, 11) is 6.07. The number of thiocyanates is 1. The van der Waals surface area contributed by atoms with E-state index in [2.05, 4.69) is 31.0 Å². The van der Waals surface area contributed by atoms with E-state index < -0.39 is 4.83 Å².